The number of benzene rings is 2. The molecule has 0 fully saturated rings. The maximum absolute atomic E-state index is 6.21. The van der Waals surface area contributed by atoms with Crippen LogP contribution in [0.25, 0.3) is 0 Å². The number of aryl methyl sites for hydroxylation is 1. The van der Waals surface area contributed by atoms with Crippen LogP contribution < -0.4 is 0 Å². The second-order valence-electron chi connectivity index (χ2n) is 4.04. The summed E-state index contributed by atoms with van der Waals surface area (Å²) in [5, 5.41) is 1.39. The van der Waals surface area contributed by atoms with Crippen LogP contribution in [0.2, 0.25) is 10.0 Å². The van der Waals surface area contributed by atoms with Gasteiger partial charge >= 0.3 is 0 Å². The predicted molar refractivity (Wildman–Crippen MR) is 86.1 cm³/mol. The standard InChI is InChI=1S/C14H10Br2Cl2/c1-8-2-3-9(6-12(8)15)14(16)11-7-10(17)4-5-13(11)18/h2-7,14H,1H3. The Bertz CT molecular complexity index is 582. The summed E-state index contributed by atoms with van der Waals surface area (Å²) in [6, 6.07) is 11.7. The highest BCUT2D eigenvalue weighted by Crippen LogP contribution is 2.37. The summed E-state index contributed by atoms with van der Waals surface area (Å²) in [6.07, 6.45) is 0. The zero-order valence-electron chi connectivity index (χ0n) is 9.55. The van der Waals surface area contributed by atoms with Crippen molar-refractivity contribution in [1.29, 1.82) is 0 Å². The molecule has 0 aliphatic carbocycles. The van der Waals surface area contributed by atoms with E-state index < -0.39 is 0 Å². The van der Waals surface area contributed by atoms with E-state index in [0.29, 0.717) is 10.0 Å². The molecule has 0 aliphatic heterocycles. The van der Waals surface area contributed by atoms with Gasteiger partial charge in [0.15, 0.2) is 0 Å². The Balaban J connectivity index is 2.44. The van der Waals surface area contributed by atoms with Gasteiger partial charge in [-0.1, -0.05) is 67.2 Å². The molecule has 0 radical (unpaired) electrons. The van der Waals surface area contributed by atoms with Crippen molar-refractivity contribution in [3.63, 3.8) is 0 Å². The fourth-order valence-electron chi connectivity index (χ4n) is 1.66. The number of halogens is 4. The number of rotatable bonds is 2. The van der Waals surface area contributed by atoms with Crippen molar-refractivity contribution < 1.29 is 0 Å². The Morgan fingerprint density at radius 2 is 1.78 bits per heavy atom. The average molecular weight is 409 g/mol. The lowest BCUT2D eigenvalue weighted by atomic mass is 10.0. The van der Waals surface area contributed by atoms with Crippen molar-refractivity contribution >= 4 is 55.1 Å². The molecule has 2 aromatic carbocycles. The van der Waals surface area contributed by atoms with Gasteiger partial charge in [-0.25, -0.2) is 0 Å². The first-order valence-electron chi connectivity index (χ1n) is 5.34. The molecule has 0 nitrogen and oxygen atoms in total. The molecule has 0 saturated carbocycles. The molecule has 2 rings (SSSR count). The van der Waals surface area contributed by atoms with Crippen molar-refractivity contribution in [2.75, 3.05) is 0 Å². The smallest absolute Gasteiger partial charge is 0.0660 e. The van der Waals surface area contributed by atoms with Crippen LogP contribution in [0, 0.1) is 6.92 Å². The SMILES string of the molecule is Cc1ccc(C(Br)c2cc(Cl)ccc2Cl)cc1Br. The fraction of sp³-hybridized carbons (Fsp3) is 0.143. The second-order valence-corrected chi connectivity index (χ2v) is 6.65. The summed E-state index contributed by atoms with van der Waals surface area (Å²) in [6.45, 7) is 2.06. The summed E-state index contributed by atoms with van der Waals surface area (Å²) in [4.78, 5) is 0.0283. The van der Waals surface area contributed by atoms with Gasteiger partial charge < -0.3 is 0 Å². The van der Waals surface area contributed by atoms with Crippen LogP contribution in [0.4, 0.5) is 0 Å². The van der Waals surface area contributed by atoms with E-state index in [0.717, 1.165) is 15.6 Å². The zero-order valence-corrected chi connectivity index (χ0v) is 14.2. The summed E-state index contributed by atoms with van der Waals surface area (Å²) in [7, 11) is 0. The molecule has 0 aromatic heterocycles. The van der Waals surface area contributed by atoms with Crippen molar-refractivity contribution in [2.24, 2.45) is 0 Å². The minimum absolute atomic E-state index is 0.0283. The molecular formula is C14H10Br2Cl2. The van der Waals surface area contributed by atoms with Crippen molar-refractivity contribution in [3.8, 4) is 0 Å². The van der Waals surface area contributed by atoms with Gasteiger partial charge in [-0.05, 0) is 47.9 Å². The molecule has 0 spiro atoms. The largest absolute Gasteiger partial charge is 0.0843 e. The Kier molecular flexibility index (Phi) is 4.76. The Morgan fingerprint density at radius 3 is 2.44 bits per heavy atom. The topological polar surface area (TPSA) is 0 Å². The third kappa shape index (κ3) is 3.11. The van der Waals surface area contributed by atoms with Gasteiger partial charge in [-0.2, -0.15) is 0 Å². The van der Waals surface area contributed by atoms with E-state index in [9.17, 15) is 0 Å². The van der Waals surface area contributed by atoms with E-state index in [1.807, 2.05) is 12.1 Å². The van der Waals surface area contributed by atoms with Gasteiger partial charge in [0.05, 0.1) is 4.83 Å². The van der Waals surface area contributed by atoms with Crippen molar-refractivity contribution in [3.05, 3.63) is 67.6 Å². The second kappa shape index (κ2) is 5.96. The molecule has 94 valence electrons. The number of hydrogen-bond donors (Lipinski definition) is 0. The lowest BCUT2D eigenvalue weighted by Crippen LogP contribution is -1.94. The van der Waals surface area contributed by atoms with E-state index in [2.05, 4.69) is 57.0 Å². The molecule has 1 unspecified atom stereocenters. The van der Waals surface area contributed by atoms with Crippen LogP contribution in [0.5, 0.6) is 0 Å². The quantitative estimate of drug-likeness (QED) is 0.494. The molecule has 0 heterocycles. The van der Waals surface area contributed by atoms with Gasteiger partial charge in [0.2, 0.25) is 0 Å². The molecule has 0 amide bonds. The molecule has 0 N–H and O–H groups in total. The van der Waals surface area contributed by atoms with Gasteiger partial charge in [0, 0.05) is 14.5 Å². The van der Waals surface area contributed by atoms with Crippen LogP contribution in [-0.4, -0.2) is 0 Å². The van der Waals surface area contributed by atoms with E-state index in [4.69, 9.17) is 23.2 Å². The van der Waals surface area contributed by atoms with Gasteiger partial charge in [-0.15, -0.1) is 0 Å². The Labute approximate surface area is 134 Å². The van der Waals surface area contributed by atoms with Crippen LogP contribution >= 0.6 is 55.1 Å². The molecular weight excluding hydrogens is 399 g/mol. The van der Waals surface area contributed by atoms with Crippen LogP contribution in [-0.2, 0) is 0 Å². The summed E-state index contributed by atoms with van der Waals surface area (Å²) >= 11 is 19.4. The highest BCUT2D eigenvalue weighted by atomic mass is 79.9. The Morgan fingerprint density at radius 1 is 1.06 bits per heavy atom. The maximum Gasteiger partial charge on any atom is 0.0660 e. The fourth-order valence-corrected chi connectivity index (χ4v) is 3.25. The monoisotopic (exact) mass is 406 g/mol. The average Bonchev–Trinajstić information content (AvgIpc) is 2.35. The first-order chi connectivity index (χ1) is 8.49. The normalized spacial score (nSPS) is 12.5. The Hall–Kier alpha value is -0.0200. The molecule has 18 heavy (non-hydrogen) atoms. The molecule has 0 aliphatic rings. The van der Waals surface area contributed by atoms with E-state index in [1.165, 1.54) is 5.56 Å². The van der Waals surface area contributed by atoms with E-state index in [-0.39, 0.29) is 4.83 Å². The lowest BCUT2D eigenvalue weighted by Gasteiger charge is -2.14. The van der Waals surface area contributed by atoms with Crippen LogP contribution in [0.15, 0.2) is 40.9 Å². The molecule has 4 heteroatoms. The van der Waals surface area contributed by atoms with Gasteiger partial charge in [0.25, 0.3) is 0 Å². The number of alkyl halides is 1. The van der Waals surface area contributed by atoms with Crippen LogP contribution in [0.1, 0.15) is 21.5 Å². The number of hydrogen-bond acceptors (Lipinski definition) is 0. The molecule has 2 aromatic rings. The summed E-state index contributed by atoms with van der Waals surface area (Å²) < 4.78 is 1.09. The van der Waals surface area contributed by atoms with E-state index in [1.54, 1.807) is 6.07 Å². The molecule has 0 saturated heterocycles. The van der Waals surface area contributed by atoms with E-state index >= 15 is 0 Å². The maximum atomic E-state index is 6.21. The minimum Gasteiger partial charge on any atom is -0.0843 e. The predicted octanol–water partition coefficient (Wildman–Crippen LogP) is 6.55. The molecule has 0 bridgehead atoms. The first-order valence-corrected chi connectivity index (χ1v) is 7.80. The summed E-state index contributed by atoms with van der Waals surface area (Å²) in [5.74, 6) is 0. The highest BCUT2D eigenvalue weighted by Gasteiger charge is 2.15. The first kappa shape index (κ1) is 14.4. The third-order valence-electron chi connectivity index (χ3n) is 2.72. The molecule has 1 atom stereocenters. The lowest BCUT2D eigenvalue weighted by molar-refractivity contribution is 1.17. The van der Waals surface area contributed by atoms with Gasteiger partial charge in [0.1, 0.15) is 0 Å². The third-order valence-corrected chi connectivity index (χ3v) is 5.18. The van der Waals surface area contributed by atoms with Crippen LogP contribution in [0.3, 0.4) is 0 Å². The van der Waals surface area contributed by atoms with Gasteiger partial charge in [-0.3, -0.25) is 0 Å². The zero-order chi connectivity index (χ0) is 13.3. The highest BCUT2D eigenvalue weighted by molar-refractivity contribution is 9.10. The summed E-state index contributed by atoms with van der Waals surface area (Å²) in [5.41, 5.74) is 3.31. The minimum atomic E-state index is 0.0283. The van der Waals surface area contributed by atoms with Crippen molar-refractivity contribution in [2.45, 2.75) is 11.8 Å². The van der Waals surface area contributed by atoms with Crippen molar-refractivity contribution in [1.82, 2.24) is 0 Å².